The molecule has 0 unspecified atom stereocenters. The van der Waals surface area contributed by atoms with Crippen LogP contribution in [0.1, 0.15) is 31.4 Å². The van der Waals surface area contributed by atoms with Crippen molar-refractivity contribution in [2.24, 2.45) is 23.4 Å². The highest BCUT2D eigenvalue weighted by molar-refractivity contribution is 5.79. The average molecular weight is 274 g/mol. The Morgan fingerprint density at radius 1 is 1.50 bits per heavy atom. The molecule has 1 heterocycles. The fourth-order valence-electron chi connectivity index (χ4n) is 3.20. The van der Waals surface area contributed by atoms with Crippen molar-refractivity contribution in [1.82, 2.24) is 14.8 Å². The van der Waals surface area contributed by atoms with Gasteiger partial charge in [0.15, 0.2) is 5.96 Å². The molecule has 110 valence electrons. The Hall–Kier alpha value is -1.45. The van der Waals surface area contributed by atoms with Crippen LogP contribution in [0.5, 0.6) is 0 Å². The monoisotopic (exact) mass is 274 g/mol. The van der Waals surface area contributed by atoms with Gasteiger partial charge < -0.3 is 14.8 Å². The van der Waals surface area contributed by atoms with Gasteiger partial charge in [0.25, 0.3) is 0 Å². The van der Waals surface area contributed by atoms with Crippen LogP contribution in [0.15, 0.2) is 23.3 Å². The lowest BCUT2D eigenvalue weighted by Gasteiger charge is -2.24. The predicted molar refractivity (Wildman–Crippen MR) is 82.6 cm³/mol. The average Bonchev–Trinajstić information content (AvgIpc) is 3.32. The van der Waals surface area contributed by atoms with E-state index < -0.39 is 0 Å². The molecule has 0 saturated heterocycles. The fraction of sp³-hybridized carbons (Fsp3) is 0.688. The van der Waals surface area contributed by atoms with Gasteiger partial charge in [-0.25, -0.2) is 0 Å². The normalized spacial score (nSPS) is 20.9. The molecule has 2 aliphatic carbocycles. The van der Waals surface area contributed by atoms with E-state index in [1.54, 1.807) is 0 Å². The van der Waals surface area contributed by atoms with Gasteiger partial charge in [-0.2, -0.15) is 0 Å². The summed E-state index contributed by atoms with van der Waals surface area (Å²) in [6.07, 6.45) is 7.79. The third-order valence-electron chi connectivity index (χ3n) is 4.96. The van der Waals surface area contributed by atoms with Crippen LogP contribution in [-0.2, 0) is 13.6 Å². The maximum absolute atomic E-state index is 4.43. The first-order valence-corrected chi connectivity index (χ1v) is 7.67. The van der Waals surface area contributed by atoms with Crippen molar-refractivity contribution < 1.29 is 0 Å². The van der Waals surface area contributed by atoms with Crippen LogP contribution >= 0.6 is 0 Å². The summed E-state index contributed by atoms with van der Waals surface area (Å²) in [6, 6.07) is 4.25. The van der Waals surface area contributed by atoms with E-state index in [4.69, 9.17) is 0 Å². The van der Waals surface area contributed by atoms with E-state index >= 15 is 0 Å². The Morgan fingerprint density at radius 2 is 2.25 bits per heavy atom. The second-order valence-corrected chi connectivity index (χ2v) is 6.50. The molecule has 0 radical (unpaired) electrons. The summed E-state index contributed by atoms with van der Waals surface area (Å²) in [5.41, 5.74) is 1.92. The number of nitrogens with zero attached hydrogens (tertiary/aromatic N) is 3. The second-order valence-electron chi connectivity index (χ2n) is 6.50. The van der Waals surface area contributed by atoms with E-state index in [1.807, 2.05) is 7.05 Å². The Balaban J connectivity index is 1.55. The van der Waals surface area contributed by atoms with Crippen LogP contribution in [0.2, 0.25) is 0 Å². The van der Waals surface area contributed by atoms with Crippen molar-refractivity contribution in [2.75, 3.05) is 20.6 Å². The summed E-state index contributed by atoms with van der Waals surface area (Å²) in [6.45, 7) is 1.99. The summed E-state index contributed by atoms with van der Waals surface area (Å²) in [4.78, 5) is 6.64. The molecule has 20 heavy (non-hydrogen) atoms. The standard InChI is InChI=1S/C16H26N4/c1-17-15(18-12-16(8-9-16)13-6-7-13)20(3)11-14-5-4-10-19(14)2/h4-5,10,13H,6-9,11-12H2,1-3H3,(H,17,18). The van der Waals surface area contributed by atoms with Crippen molar-refractivity contribution in [3.8, 4) is 0 Å². The molecule has 0 spiro atoms. The van der Waals surface area contributed by atoms with Gasteiger partial charge in [0, 0.05) is 39.6 Å². The fourth-order valence-corrected chi connectivity index (χ4v) is 3.20. The number of rotatable bonds is 5. The lowest BCUT2D eigenvalue weighted by atomic mass is 10.0. The van der Waals surface area contributed by atoms with E-state index in [1.165, 1.54) is 31.4 Å². The topological polar surface area (TPSA) is 32.6 Å². The molecular formula is C16H26N4. The predicted octanol–water partition coefficient (Wildman–Crippen LogP) is 2.22. The van der Waals surface area contributed by atoms with Crippen molar-refractivity contribution in [1.29, 1.82) is 0 Å². The first-order valence-electron chi connectivity index (χ1n) is 7.67. The Kier molecular flexibility index (Phi) is 3.48. The molecule has 3 rings (SSSR count). The molecule has 2 aliphatic rings. The molecule has 0 aliphatic heterocycles. The molecular weight excluding hydrogens is 248 g/mol. The van der Waals surface area contributed by atoms with Gasteiger partial charge in [-0.15, -0.1) is 0 Å². The second kappa shape index (κ2) is 5.15. The summed E-state index contributed by atoms with van der Waals surface area (Å²) >= 11 is 0. The number of nitrogens with one attached hydrogen (secondary N) is 1. The van der Waals surface area contributed by atoms with Gasteiger partial charge in [0.1, 0.15) is 0 Å². The molecule has 4 heteroatoms. The molecule has 0 atom stereocenters. The van der Waals surface area contributed by atoms with Crippen LogP contribution in [0.4, 0.5) is 0 Å². The first-order chi connectivity index (χ1) is 9.64. The van der Waals surface area contributed by atoms with Crippen LogP contribution < -0.4 is 5.32 Å². The largest absolute Gasteiger partial charge is 0.356 e. The minimum atomic E-state index is 0.613. The highest BCUT2D eigenvalue weighted by Crippen LogP contribution is 2.60. The number of hydrogen-bond donors (Lipinski definition) is 1. The zero-order valence-corrected chi connectivity index (χ0v) is 12.9. The SMILES string of the molecule is CN=C(NCC1(C2CC2)CC1)N(C)Cc1cccn1C. The number of aromatic nitrogens is 1. The highest BCUT2D eigenvalue weighted by Gasteiger charge is 2.53. The lowest BCUT2D eigenvalue weighted by molar-refractivity contribution is 0.406. The molecule has 1 aromatic heterocycles. The van der Waals surface area contributed by atoms with Gasteiger partial charge >= 0.3 is 0 Å². The molecule has 1 aromatic rings. The van der Waals surface area contributed by atoms with Gasteiger partial charge in [0.05, 0.1) is 6.54 Å². The van der Waals surface area contributed by atoms with Gasteiger partial charge in [-0.3, -0.25) is 4.99 Å². The summed E-state index contributed by atoms with van der Waals surface area (Å²) in [5.74, 6) is 2.00. The highest BCUT2D eigenvalue weighted by atomic mass is 15.3. The summed E-state index contributed by atoms with van der Waals surface area (Å²) in [7, 11) is 6.07. The molecule has 2 fully saturated rings. The zero-order valence-electron chi connectivity index (χ0n) is 12.9. The van der Waals surface area contributed by atoms with Crippen molar-refractivity contribution in [2.45, 2.75) is 32.2 Å². The quantitative estimate of drug-likeness (QED) is 0.659. The number of aliphatic imine (C=N–C) groups is 1. The van der Waals surface area contributed by atoms with Crippen LogP contribution in [0.25, 0.3) is 0 Å². The smallest absolute Gasteiger partial charge is 0.193 e. The minimum Gasteiger partial charge on any atom is -0.356 e. The minimum absolute atomic E-state index is 0.613. The van der Waals surface area contributed by atoms with Crippen molar-refractivity contribution >= 4 is 5.96 Å². The number of hydrogen-bond acceptors (Lipinski definition) is 1. The van der Waals surface area contributed by atoms with Gasteiger partial charge in [0.2, 0.25) is 0 Å². The molecule has 1 N–H and O–H groups in total. The third kappa shape index (κ3) is 2.69. The van der Waals surface area contributed by atoms with E-state index in [0.29, 0.717) is 5.41 Å². The van der Waals surface area contributed by atoms with Gasteiger partial charge in [-0.1, -0.05) is 0 Å². The molecule has 2 saturated carbocycles. The number of aryl methyl sites for hydroxylation is 1. The maximum atomic E-state index is 4.43. The first kappa shape index (κ1) is 13.5. The van der Waals surface area contributed by atoms with Crippen LogP contribution in [0.3, 0.4) is 0 Å². The molecule has 0 bridgehead atoms. The Morgan fingerprint density at radius 3 is 2.75 bits per heavy atom. The third-order valence-corrected chi connectivity index (χ3v) is 4.96. The van der Waals surface area contributed by atoms with Crippen LogP contribution in [0, 0.1) is 11.3 Å². The van der Waals surface area contributed by atoms with Gasteiger partial charge in [-0.05, 0) is 49.1 Å². The number of guanidine groups is 1. The Bertz CT molecular complexity index is 494. The van der Waals surface area contributed by atoms with Crippen molar-refractivity contribution in [3.63, 3.8) is 0 Å². The summed E-state index contributed by atoms with van der Waals surface area (Å²) in [5, 5.41) is 3.59. The van der Waals surface area contributed by atoms with Crippen molar-refractivity contribution in [3.05, 3.63) is 24.0 Å². The molecule has 0 amide bonds. The van der Waals surface area contributed by atoms with E-state index in [0.717, 1.165) is 25.0 Å². The Labute approximate surface area is 121 Å². The lowest BCUT2D eigenvalue weighted by Crippen LogP contribution is -2.41. The van der Waals surface area contributed by atoms with E-state index in [9.17, 15) is 0 Å². The molecule has 4 nitrogen and oxygen atoms in total. The molecule has 0 aromatic carbocycles. The summed E-state index contributed by atoms with van der Waals surface area (Å²) < 4.78 is 2.16. The maximum Gasteiger partial charge on any atom is 0.193 e. The van der Waals surface area contributed by atoms with Crippen LogP contribution in [-0.4, -0.2) is 36.1 Å². The zero-order chi connectivity index (χ0) is 14.2. The van der Waals surface area contributed by atoms with E-state index in [2.05, 4.69) is 52.2 Å². The van der Waals surface area contributed by atoms with E-state index in [-0.39, 0.29) is 0 Å².